The summed E-state index contributed by atoms with van der Waals surface area (Å²) in [5.41, 5.74) is 0.535. The van der Waals surface area contributed by atoms with Crippen LogP contribution in [0.4, 0.5) is 0 Å². The highest BCUT2D eigenvalue weighted by Crippen LogP contribution is 2.11. The molecule has 0 saturated carbocycles. The molecule has 28 heavy (non-hydrogen) atoms. The molecule has 7 nitrogen and oxygen atoms in total. The Hall–Kier alpha value is -1.55. The first-order valence-corrected chi connectivity index (χ1v) is 9.28. The second-order valence-corrected chi connectivity index (χ2v) is 6.93. The smallest absolute Gasteiger partial charge is 0.325 e. The summed E-state index contributed by atoms with van der Waals surface area (Å²) < 4.78 is 15.8. The molecule has 0 fully saturated rings. The lowest BCUT2D eigenvalue weighted by atomic mass is 10.2. The van der Waals surface area contributed by atoms with Crippen LogP contribution in [-0.4, -0.2) is 50.9 Å². The minimum atomic E-state index is -0.510. The summed E-state index contributed by atoms with van der Waals surface area (Å²) in [6.07, 6.45) is 0.851. The Bertz CT molecular complexity index is 586. The molecule has 0 aromatic heterocycles. The standard InChI is InChI=1S/C20H33N3O4.HI/c1-6-26-13-7-12-21-19(23-15-18(24)27-20(2,3)4)22-14-16-8-10-17(25-5)11-9-16;/h8-11H,6-7,12-15H2,1-5H3,(H2,21,22,23);1H. The first-order chi connectivity index (χ1) is 12.8. The van der Waals surface area contributed by atoms with E-state index in [0.29, 0.717) is 32.3 Å². The topological polar surface area (TPSA) is 81.2 Å². The van der Waals surface area contributed by atoms with Crippen molar-refractivity contribution in [3.63, 3.8) is 0 Å². The van der Waals surface area contributed by atoms with Crippen LogP contribution in [0.5, 0.6) is 5.75 Å². The van der Waals surface area contributed by atoms with Crippen molar-refractivity contribution < 1.29 is 19.0 Å². The molecule has 1 aromatic rings. The molecule has 0 spiro atoms. The molecule has 0 aliphatic rings. The maximum Gasteiger partial charge on any atom is 0.325 e. The third kappa shape index (κ3) is 12.8. The van der Waals surface area contributed by atoms with Crippen LogP contribution in [-0.2, 0) is 20.8 Å². The Morgan fingerprint density at radius 3 is 2.39 bits per heavy atom. The van der Waals surface area contributed by atoms with Crippen molar-refractivity contribution in [3.05, 3.63) is 29.8 Å². The van der Waals surface area contributed by atoms with E-state index in [1.807, 2.05) is 52.0 Å². The van der Waals surface area contributed by atoms with E-state index in [1.165, 1.54) is 0 Å². The summed E-state index contributed by atoms with van der Waals surface area (Å²) in [5.74, 6) is 1.05. The largest absolute Gasteiger partial charge is 0.497 e. The van der Waals surface area contributed by atoms with Crippen molar-refractivity contribution in [2.45, 2.75) is 46.3 Å². The zero-order chi connectivity index (χ0) is 20.1. The third-order valence-electron chi connectivity index (χ3n) is 3.36. The molecule has 0 saturated heterocycles. The number of hydrogen-bond acceptors (Lipinski definition) is 5. The number of carbonyl (C=O) groups excluding carboxylic acids is 1. The molecular weight excluding hydrogens is 473 g/mol. The van der Waals surface area contributed by atoms with Gasteiger partial charge in [-0.15, -0.1) is 24.0 Å². The molecule has 1 aromatic carbocycles. The SMILES string of the molecule is CCOCCCNC(=NCc1ccc(OC)cc1)NCC(=O)OC(C)(C)C.I. The van der Waals surface area contributed by atoms with Gasteiger partial charge in [-0.25, -0.2) is 4.99 Å². The number of halogens is 1. The van der Waals surface area contributed by atoms with Gasteiger partial charge in [0.25, 0.3) is 0 Å². The van der Waals surface area contributed by atoms with Crippen molar-refractivity contribution in [2.24, 2.45) is 4.99 Å². The third-order valence-corrected chi connectivity index (χ3v) is 3.36. The van der Waals surface area contributed by atoms with Crippen LogP contribution < -0.4 is 15.4 Å². The van der Waals surface area contributed by atoms with Crippen LogP contribution in [0.1, 0.15) is 39.7 Å². The number of hydrogen-bond donors (Lipinski definition) is 2. The van der Waals surface area contributed by atoms with Gasteiger partial charge in [0.2, 0.25) is 0 Å². The van der Waals surface area contributed by atoms with E-state index in [2.05, 4.69) is 15.6 Å². The van der Waals surface area contributed by atoms with E-state index in [0.717, 1.165) is 17.7 Å². The molecule has 0 aliphatic carbocycles. The molecular formula is C20H34IN3O4. The monoisotopic (exact) mass is 507 g/mol. The summed E-state index contributed by atoms with van der Waals surface area (Å²) in [4.78, 5) is 16.5. The van der Waals surface area contributed by atoms with Crippen molar-refractivity contribution in [1.82, 2.24) is 10.6 Å². The molecule has 0 aliphatic heterocycles. The van der Waals surface area contributed by atoms with Gasteiger partial charge in [0.1, 0.15) is 17.9 Å². The Kier molecular flexibility index (Phi) is 13.6. The zero-order valence-electron chi connectivity index (χ0n) is 17.5. The van der Waals surface area contributed by atoms with Gasteiger partial charge in [-0.05, 0) is 51.8 Å². The molecule has 0 unspecified atom stereocenters. The number of methoxy groups -OCH3 is 1. The Morgan fingerprint density at radius 2 is 1.82 bits per heavy atom. The molecule has 1 rings (SSSR count). The number of esters is 1. The van der Waals surface area contributed by atoms with Gasteiger partial charge in [-0.3, -0.25) is 4.79 Å². The number of aliphatic imine (C=N–C) groups is 1. The van der Waals surface area contributed by atoms with Gasteiger partial charge in [-0.1, -0.05) is 12.1 Å². The fourth-order valence-corrected chi connectivity index (χ4v) is 2.13. The van der Waals surface area contributed by atoms with Crippen molar-refractivity contribution in [2.75, 3.05) is 33.4 Å². The van der Waals surface area contributed by atoms with Crippen LogP contribution in [0.25, 0.3) is 0 Å². The van der Waals surface area contributed by atoms with Gasteiger partial charge in [0, 0.05) is 19.8 Å². The van der Waals surface area contributed by atoms with Gasteiger partial charge >= 0.3 is 5.97 Å². The van der Waals surface area contributed by atoms with Crippen LogP contribution in [0.3, 0.4) is 0 Å². The summed E-state index contributed by atoms with van der Waals surface area (Å²) >= 11 is 0. The average Bonchev–Trinajstić information content (AvgIpc) is 2.62. The lowest BCUT2D eigenvalue weighted by molar-refractivity contribution is -0.153. The molecule has 0 heterocycles. The highest BCUT2D eigenvalue weighted by atomic mass is 127. The summed E-state index contributed by atoms with van der Waals surface area (Å²) in [5, 5.41) is 6.24. The van der Waals surface area contributed by atoms with Crippen LogP contribution in [0, 0.1) is 0 Å². The lowest BCUT2D eigenvalue weighted by Crippen LogP contribution is -2.42. The number of ether oxygens (including phenoxy) is 3. The summed E-state index contributed by atoms with van der Waals surface area (Å²) in [7, 11) is 1.64. The quantitative estimate of drug-likeness (QED) is 0.167. The number of benzene rings is 1. The molecule has 0 radical (unpaired) electrons. The number of nitrogens with one attached hydrogen (secondary N) is 2. The van der Waals surface area contributed by atoms with Crippen molar-refractivity contribution >= 4 is 35.9 Å². The van der Waals surface area contributed by atoms with Crippen LogP contribution >= 0.6 is 24.0 Å². The Balaban J connectivity index is 0.00000729. The zero-order valence-corrected chi connectivity index (χ0v) is 19.9. The first-order valence-electron chi connectivity index (χ1n) is 9.28. The lowest BCUT2D eigenvalue weighted by Gasteiger charge is -2.20. The Labute approximate surface area is 185 Å². The molecule has 160 valence electrons. The van der Waals surface area contributed by atoms with E-state index in [-0.39, 0.29) is 36.5 Å². The highest BCUT2D eigenvalue weighted by molar-refractivity contribution is 14.0. The molecule has 8 heteroatoms. The molecule has 0 amide bonds. The second-order valence-electron chi connectivity index (χ2n) is 6.93. The normalized spacial score (nSPS) is 11.4. The van der Waals surface area contributed by atoms with Gasteiger partial charge in [0.15, 0.2) is 5.96 Å². The minimum Gasteiger partial charge on any atom is -0.497 e. The number of carbonyl (C=O) groups is 1. The number of guanidine groups is 1. The molecule has 0 bridgehead atoms. The molecule has 0 atom stereocenters. The average molecular weight is 507 g/mol. The minimum absolute atomic E-state index is 0. The summed E-state index contributed by atoms with van der Waals surface area (Å²) in [6, 6.07) is 7.72. The van der Waals surface area contributed by atoms with E-state index in [9.17, 15) is 4.79 Å². The predicted octanol–water partition coefficient (Wildman–Crippen LogP) is 3.12. The number of rotatable bonds is 10. The van der Waals surface area contributed by atoms with Crippen LogP contribution in [0.2, 0.25) is 0 Å². The second kappa shape index (κ2) is 14.4. The number of nitrogens with zero attached hydrogens (tertiary/aromatic N) is 1. The van der Waals surface area contributed by atoms with E-state index in [1.54, 1.807) is 7.11 Å². The maximum absolute atomic E-state index is 11.9. The van der Waals surface area contributed by atoms with E-state index in [4.69, 9.17) is 14.2 Å². The van der Waals surface area contributed by atoms with Gasteiger partial charge < -0.3 is 24.8 Å². The van der Waals surface area contributed by atoms with Gasteiger partial charge in [0.05, 0.1) is 13.7 Å². The predicted molar refractivity (Wildman–Crippen MR) is 123 cm³/mol. The Morgan fingerprint density at radius 1 is 1.14 bits per heavy atom. The first kappa shape index (κ1) is 26.4. The van der Waals surface area contributed by atoms with Crippen molar-refractivity contribution in [1.29, 1.82) is 0 Å². The van der Waals surface area contributed by atoms with E-state index < -0.39 is 5.60 Å². The summed E-state index contributed by atoms with van der Waals surface area (Å²) in [6.45, 7) is 10.1. The van der Waals surface area contributed by atoms with E-state index >= 15 is 0 Å². The van der Waals surface area contributed by atoms with Crippen LogP contribution in [0.15, 0.2) is 29.3 Å². The van der Waals surface area contributed by atoms with Gasteiger partial charge in [-0.2, -0.15) is 0 Å². The fourth-order valence-electron chi connectivity index (χ4n) is 2.13. The fraction of sp³-hybridized carbons (Fsp3) is 0.600. The highest BCUT2D eigenvalue weighted by Gasteiger charge is 2.16. The van der Waals surface area contributed by atoms with Crippen molar-refractivity contribution in [3.8, 4) is 5.75 Å². The maximum atomic E-state index is 11.9. The molecule has 2 N–H and O–H groups in total.